The Morgan fingerprint density at radius 1 is 1.44 bits per heavy atom. The molecule has 0 aliphatic carbocycles. The zero-order valence-electron chi connectivity index (χ0n) is 8.76. The number of hydrogen-bond acceptors (Lipinski definition) is 6. The van der Waals surface area contributed by atoms with Gasteiger partial charge in [-0.3, -0.25) is 10.1 Å². The van der Waals surface area contributed by atoms with Gasteiger partial charge in [-0.05, 0) is 6.07 Å². The highest BCUT2D eigenvalue weighted by Gasteiger charge is 2.17. The largest absolute Gasteiger partial charge is 0.502 e. The first-order valence-corrected chi connectivity index (χ1v) is 5.01. The smallest absolute Gasteiger partial charge is 0.312 e. The first-order chi connectivity index (χ1) is 8.58. The molecule has 2 aromatic rings. The van der Waals surface area contributed by atoms with Gasteiger partial charge < -0.3 is 5.11 Å². The zero-order valence-corrected chi connectivity index (χ0v) is 9.52. The monoisotopic (exact) mass is 267 g/mol. The van der Waals surface area contributed by atoms with E-state index >= 15 is 0 Å². The van der Waals surface area contributed by atoms with Crippen LogP contribution in [0.25, 0.3) is 0 Å². The molecule has 0 fully saturated rings. The van der Waals surface area contributed by atoms with Crippen molar-refractivity contribution < 1.29 is 10.0 Å². The van der Waals surface area contributed by atoms with Crippen molar-refractivity contribution in [1.29, 1.82) is 0 Å². The lowest BCUT2D eigenvalue weighted by Crippen LogP contribution is -1.94. The lowest BCUT2D eigenvalue weighted by Gasteiger charge is -2.01. The highest BCUT2D eigenvalue weighted by Crippen LogP contribution is 2.32. The van der Waals surface area contributed by atoms with E-state index in [1.54, 1.807) is 0 Å². The molecule has 0 bridgehead atoms. The molecule has 0 aliphatic heterocycles. The van der Waals surface area contributed by atoms with Gasteiger partial charge in [-0.25, -0.2) is 4.68 Å². The van der Waals surface area contributed by atoms with Gasteiger partial charge in [0.15, 0.2) is 0 Å². The molecule has 92 valence electrons. The summed E-state index contributed by atoms with van der Waals surface area (Å²) in [5, 5.41) is 31.4. The Hall–Kier alpha value is -2.48. The molecule has 0 spiro atoms. The molecule has 0 amide bonds. The highest BCUT2D eigenvalue weighted by atomic mass is 35.5. The first kappa shape index (κ1) is 12.0. The lowest BCUT2D eigenvalue weighted by atomic mass is 10.2. The van der Waals surface area contributed by atoms with Crippen LogP contribution in [0.2, 0.25) is 5.02 Å². The summed E-state index contributed by atoms with van der Waals surface area (Å²) in [4.78, 5) is 9.95. The molecule has 8 nitrogen and oxygen atoms in total. The van der Waals surface area contributed by atoms with Crippen molar-refractivity contribution in [3.63, 3.8) is 0 Å². The van der Waals surface area contributed by atoms with E-state index in [0.29, 0.717) is 0 Å². The standard InChI is InChI=1S/C9H6ClN5O3/c10-7-1-6(3-13-14-4-11-12-5-14)9(16)8(2-7)15(17)18/h1-5,16H/b13-3-. The number of phenols is 1. The summed E-state index contributed by atoms with van der Waals surface area (Å²) in [5.74, 6) is -0.499. The third-order valence-electron chi connectivity index (χ3n) is 2.02. The van der Waals surface area contributed by atoms with E-state index in [2.05, 4.69) is 15.3 Å². The van der Waals surface area contributed by atoms with Gasteiger partial charge in [0, 0.05) is 16.7 Å². The fraction of sp³-hybridized carbons (Fsp3) is 0. The quantitative estimate of drug-likeness (QED) is 0.514. The van der Waals surface area contributed by atoms with E-state index in [4.69, 9.17) is 11.6 Å². The minimum Gasteiger partial charge on any atom is -0.502 e. The van der Waals surface area contributed by atoms with Crippen molar-refractivity contribution in [1.82, 2.24) is 14.9 Å². The number of aromatic nitrogens is 3. The van der Waals surface area contributed by atoms with Gasteiger partial charge in [-0.15, -0.1) is 10.2 Å². The maximum absolute atomic E-state index is 10.7. The molecule has 1 N–H and O–H groups in total. The maximum atomic E-state index is 10.7. The number of rotatable bonds is 3. The number of nitro groups is 1. The number of benzene rings is 1. The number of halogens is 1. The van der Waals surface area contributed by atoms with Crippen LogP contribution in [0.15, 0.2) is 29.9 Å². The lowest BCUT2D eigenvalue weighted by molar-refractivity contribution is -0.385. The predicted octanol–water partition coefficient (Wildman–Crippen LogP) is 1.43. The molecule has 18 heavy (non-hydrogen) atoms. The number of aromatic hydroxyl groups is 1. The van der Waals surface area contributed by atoms with E-state index in [1.807, 2.05) is 0 Å². The van der Waals surface area contributed by atoms with Crippen LogP contribution in [-0.4, -0.2) is 31.1 Å². The van der Waals surface area contributed by atoms with Crippen molar-refractivity contribution in [3.8, 4) is 5.75 Å². The summed E-state index contributed by atoms with van der Waals surface area (Å²) >= 11 is 5.72. The second-order valence-electron chi connectivity index (χ2n) is 3.21. The third-order valence-corrected chi connectivity index (χ3v) is 2.24. The van der Waals surface area contributed by atoms with E-state index in [1.165, 1.54) is 29.6 Å². The molecule has 0 radical (unpaired) electrons. The number of hydrogen-bond donors (Lipinski definition) is 1. The average molecular weight is 268 g/mol. The van der Waals surface area contributed by atoms with Crippen LogP contribution in [0, 0.1) is 10.1 Å². The van der Waals surface area contributed by atoms with Gasteiger partial charge in [-0.2, -0.15) is 5.10 Å². The van der Waals surface area contributed by atoms with Gasteiger partial charge in [0.2, 0.25) is 5.75 Å². The fourth-order valence-corrected chi connectivity index (χ4v) is 1.45. The molecule has 0 unspecified atom stereocenters. The van der Waals surface area contributed by atoms with E-state index in [9.17, 15) is 15.2 Å². The minimum absolute atomic E-state index is 0.128. The van der Waals surface area contributed by atoms with Gasteiger partial charge >= 0.3 is 5.69 Å². The first-order valence-electron chi connectivity index (χ1n) is 4.64. The molecular weight excluding hydrogens is 262 g/mol. The molecule has 1 aromatic carbocycles. The fourth-order valence-electron chi connectivity index (χ4n) is 1.23. The van der Waals surface area contributed by atoms with Crippen molar-refractivity contribution in [2.75, 3.05) is 0 Å². The molecule has 1 heterocycles. The third kappa shape index (κ3) is 2.43. The van der Waals surface area contributed by atoms with Gasteiger partial charge in [-0.1, -0.05) is 11.6 Å². The summed E-state index contributed by atoms with van der Waals surface area (Å²) < 4.78 is 1.27. The highest BCUT2D eigenvalue weighted by molar-refractivity contribution is 6.31. The van der Waals surface area contributed by atoms with Crippen molar-refractivity contribution in [2.24, 2.45) is 5.10 Å². The Morgan fingerprint density at radius 3 is 2.72 bits per heavy atom. The minimum atomic E-state index is -0.725. The second kappa shape index (κ2) is 4.80. The number of nitrogens with zero attached hydrogens (tertiary/aromatic N) is 5. The van der Waals surface area contributed by atoms with Crippen molar-refractivity contribution in [2.45, 2.75) is 0 Å². The summed E-state index contributed by atoms with van der Waals surface area (Å²) in [6.07, 6.45) is 3.87. The summed E-state index contributed by atoms with van der Waals surface area (Å²) in [6, 6.07) is 2.42. The van der Waals surface area contributed by atoms with Gasteiger partial charge in [0.25, 0.3) is 0 Å². The van der Waals surface area contributed by atoms with E-state index in [-0.39, 0.29) is 10.6 Å². The Balaban J connectivity index is 2.42. The normalized spacial score (nSPS) is 10.9. The topological polar surface area (TPSA) is 106 Å². The van der Waals surface area contributed by atoms with Crippen LogP contribution in [0.5, 0.6) is 5.75 Å². The molecule has 0 aliphatic rings. The van der Waals surface area contributed by atoms with Crippen LogP contribution in [-0.2, 0) is 0 Å². The number of nitro benzene ring substituents is 1. The molecule has 0 atom stereocenters. The van der Waals surface area contributed by atoms with Crippen molar-refractivity contribution >= 4 is 23.5 Å². The Kier molecular flexibility index (Phi) is 3.20. The maximum Gasteiger partial charge on any atom is 0.312 e. The van der Waals surface area contributed by atoms with Crippen LogP contribution < -0.4 is 0 Å². The van der Waals surface area contributed by atoms with Crippen LogP contribution in [0.4, 0.5) is 5.69 Å². The Morgan fingerprint density at radius 2 is 2.11 bits per heavy atom. The molecular formula is C9H6ClN5O3. The molecule has 9 heteroatoms. The van der Waals surface area contributed by atoms with Crippen molar-refractivity contribution in [3.05, 3.63) is 45.5 Å². The van der Waals surface area contributed by atoms with Gasteiger partial charge in [0.1, 0.15) is 12.7 Å². The second-order valence-corrected chi connectivity index (χ2v) is 3.64. The predicted molar refractivity (Wildman–Crippen MR) is 62.8 cm³/mol. The van der Waals surface area contributed by atoms with E-state index < -0.39 is 16.4 Å². The zero-order chi connectivity index (χ0) is 13.1. The van der Waals surface area contributed by atoms with Crippen LogP contribution in [0.3, 0.4) is 0 Å². The van der Waals surface area contributed by atoms with E-state index in [0.717, 1.165) is 6.07 Å². The SMILES string of the molecule is O=[N+]([O-])c1cc(Cl)cc(/C=N\n2cnnc2)c1O. The summed E-state index contributed by atoms with van der Waals surface area (Å²) in [7, 11) is 0. The number of phenolic OH excluding ortho intramolecular Hbond substituents is 1. The van der Waals surface area contributed by atoms with Gasteiger partial charge in [0.05, 0.1) is 11.1 Å². The summed E-state index contributed by atoms with van der Waals surface area (Å²) in [6.45, 7) is 0. The summed E-state index contributed by atoms with van der Waals surface area (Å²) in [5.41, 5.74) is -0.351. The average Bonchev–Trinajstić information content (AvgIpc) is 2.82. The molecule has 1 aromatic heterocycles. The Bertz CT molecular complexity index is 611. The molecule has 2 rings (SSSR count). The molecule has 0 saturated carbocycles. The van der Waals surface area contributed by atoms with Crippen LogP contribution >= 0.6 is 11.6 Å². The van der Waals surface area contributed by atoms with Crippen LogP contribution in [0.1, 0.15) is 5.56 Å². The molecule has 0 saturated heterocycles. The Labute approximate surface area is 105 Å².